The van der Waals surface area contributed by atoms with Gasteiger partial charge in [-0.3, -0.25) is 14.5 Å². The Morgan fingerprint density at radius 2 is 1.91 bits per heavy atom. The molecule has 0 radical (unpaired) electrons. The van der Waals surface area contributed by atoms with Gasteiger partial charge in [0.2, 0.25) is 21.8 Å². The van der Waals surface area contributed by atoms with Gasteiger partial charge in [-0.25, -0.2) is 8.42 Å². The molecule has 2 amide bonds. The lowest BCUT2D eigenvalue weighted by atomic mass is 10.1. The number of hydrogen-bond acceptors (Lipinski definition) is 5. The largest absolute Gasteiger partial charge is 0.379 e. The van der Waals surface area contributed by atoms with Crippen LogP contribution in [0.1, 0.15) is 18.1 Å². The zero-order valence-corrected chi connectivity index (χ0v) is 19.2. The van der Waals surface area contributed by atoms with Crippen LogP contribution in [0.15, 0.2) is 47.4 Å². The maximum Gasteiger partial charge on any atom is 0.243 e. The summed E-state index contributed by atoms with van der Waals surface area (Å²) >= 11 is 6.00. The van der Waals surface area contributed by atoms with E-state index in [1.807, 2.05) is 6.07 Å². The first-order chi connectivity index (χ1) is 15.3. The van der Waals surface area contributed by atoms with Gasteiger partial charge in [-0.05, 0) is 41.5 Å². The smallest absolute Gasteiger partial charge is 0.243 e. The molecule has 10 heteroatoms. The lowest BCUT2D eigenvalue weighted by Crippen LogP contribution is -2.47. The van der Waals surface area contributed by atoms with E-state index in [-0.39, 0.29) is 29.7 Å². The summed E-state index contributed by atoms with van der Waals surface area (Å²) in [5.41, 5.74) is 2.05. The third-order valence-corrected chi connectivity index (χ3v) is 7.77. The molecule has 0 saturated carbocycles. The van der Waals surface area contributed by atoms with Crippen molar-refractivity contribution in [3.8, 4) is 0 Å². The Morgan fingerprint density at radius 3 is 2.59 bits per heavy atom. The van der Waals surface area contributed by atoms with Crippen LogP contribution >= 0.6 is 11.6 Å². The molecule has 170 valence electrons. The van der Waals surface area contributed by atoms with Crippen molar-refractivity contribution in [2.24, 2.45) is 0 Å². The van der Waals surface area contributed by atoms with E-state index < -0.39 is 16.1 Å². The van der Waals surface area contributed by atoms with E-state index in [0.29, 0.717) is 42.6 Å². The Kier molecular flexibility index (Phi) is 6.52. The minimum absolute atomic E-state index is 0.154. The summed E-state index contributed by atoms with van der Waals surface area (Å²) in [7, 11) is -3.67. The van der Waals surface area contributed by atoms with E-state index in [2.05, 4.69) is 5.32 Å². The minimum Gasteiger partial charge on any atom is -0.379 e. The number of morpholine rings is 1. The number of sulfonamides is 1. The predicted molar refractivity (Wildman–Crippen MR) is 120 cm³/mol. The molecular formula is C22H24ClN3O5S. The molecule has 8 nitrogen and oxygen atoms in total. The van der Waals surface area contributed by atoms with Crippen LogP contribution in [0.2, 0.25) is 5.02 Å². The Labute approximate surface area is 192 Å². The molecule has 1 atom stereocenters. The average Bonchev–Trinajstić information content (AvgIpc) is 3.17. The van der Waals surface area contributed by atoms with Crippen LogP contribution in [-0.2, 0) is 37.3 Å². The minimum atomic E-state index is -3.67. The van der Waals surface area contributed by atoms with Crippen LogP contribution in [0.3, 0.4) is 0 Å². The maximum absolute atomic E-state index is 13.0. The first-order valence-electron chi connectivity index (χ1n) is 10.3. The van der Waals surface area contributed by atoms with Gasteiger partial charge in [0.1, 0.15) is 6.04 Å². The van der Waals surface area contributed by atoms with Crippen molar-refractivity contribution in [1.29, 1.82) is 0 Å². The van der Waals surface area contributed by atoms with Gasteiger partial charge in [-0.2, -0.15) is 4.31 Å². The van der Waals surface area contributed by atoms with Crippen LogP contribution in [-0.4, -0.2) is 56.9 Å². The molecule has 32 heavy (non-hydrogen) atoms. The first kappa shape index (κ1) is 22.7. The third kappa shape index (κ3) is 4.52. The van der Waals surface area contributed by atoms with Crippen LogP contribution in [0.25, 0.3) is 0 Å². The van der Waals surface area contributed by atoms with E-state index in [4.69, 9.17) is 16.3 Å². The van der Waals surface area contributed by atoms with E-state index in [1.165, 1.54) is 22.2 Å². The molecule has 2 heterocycles. The highest BCUT2D eigenvalue weighted by Gasteiger charge is 2.38. The zero-order valence-electron chi connectivity index (χ0n) is 17.6. The number of nitrogens with zero attached hydrogens (tertiary/aromatic N) is 2. The Balaban J connectivity index is 1.55. The molecule has 0 aliphatic carbocycles. The quantitative estimate of drug-likeness (QED) is 0.710. The molecule has 0 bridgehead atoms. The van der Waals surface area contributed by atoms with Crippen LogP contribution < -0.4 is 10.2 Å². The molecule has 2 aliphatic heterocycles. The van der Waals surface area contributed by atoms with Crippen LogP contribution in [0.5, 0.6) is 0 Å². The van der Waals surface area contributed by atoms with Gasteiger partial charge in [0.05, 0.1) is 18.1 Å². The maximum atomic E-state index is 13.0. The van der Waals surface area contributed by atoms with Crippen molar-refractivity contribution in [3.63, 3.8) is 0 Å². The van der Waals surface area contributed by atoms with Gasteiger partial charge < -0.3 is 10.1 Å². The van der Waals surface area contributed by atoms with Gasteiger partial charge in [0.15, 0.2) is 0 Å². The number of amides is 2. The zero-order chi connectivity index (χ0) is 22.9. The fourth-order valence-corrected chi connectivity index (χ4v) is 5.75. The summed E-state index contributed by atoms with van der Waals surface area (Å²) in [4.78, 5) is 26.9. The molecule has 2 aromatic rings. The fourth-order valence-electron chi connectivity index (χ4n) is 4.08. The molecule has 0 aromatic heterocycles. The summed E-state index contributed by atoms with van der Waals surface area (Å²) in [6.07, 6.45) is 0.239. The summed E-state index contributed by atoms with van der Waals surface area (Å²) < 4.78 is 32.6. The lowest BCUT2D eigenvalue weighted by Gasteiger charge is -2.26. The fraction of sp³-hybridized carbons (Fsp3) is 0.364. The molecule has 4 rings (SSSR count). The number of nitrogens with one attached hydrogen (secondary N) is 1. The van der Waals surface area contributed by atoms with Gasteiger partial charge >= 0.3 is 0 Å². The number of benzene rings is 2. The molecule has 2 aliphatic rings. The average molecular weight is 478 g/mol. The molecule has 1 N–H and O–H groups in total. The number of carbonyl (C=O) groups excluding carboxylic acids is 2. The summed E-state index contributed by atoms with van der Waals surface area (Å²) in [5, 5.41) is 3.43. The van der Waals surface area contributed by atoms with Gasteiger partial charge in [0.25, 0.3) is 0 Å². The van der Waals surface area contributed by atoms with Crippen molar-refractivity contribution < 1.29 is 22.7 Å². The van der Waals surface area contributed by atoms with Crippen molar-refractivity contribution in [2.45, 2.75) is 30.8 Å². The second-order valence-corrected chi connectivity index (χ2v) is 10.1. The molecule has 0 unspecified atom stereocenters. The van der Waals surface area contributed by atoms with E-state index >= 15 is 0 Å². The predicted octanol–water partition coefficient (Wildman–Crippen LogP) is 1.95. The standard InChI is InChI=1S/C22H24ClN3O5S/c1-15(27)26-20-6-5-19(32(29,30)25-7-9-31-10-8-25)12-17(20)13-21(26)22(28)24-14-16-3-2-4-18(23)11-16/h2-6,11-12,21H,7-10,13-14H2,1H3,(H,24,28)/t21-/m1/s1. The second kappa shape index (κ2) is 9.19. The Morgan fingerprint density at radius 1 is 1.16 bits per heavy atom. The number of hydrogen-bond donors (Lipinski definition) is 1. The van der Waals surface area contributed by atoms with Gasteiger partial charge in [-0.1, -0.05) is 23.7 Å². The van der Waals surface area contributed by atoms with Crippen molar-refractivity contribution in [1.82, 2.24) is 9.62 Å². The van der Waals surface area contributed by atoms with Gasteiger partial charge in [-0.15, -0.1) is 0 Å². The van der Waals surface area contributed by atoms with E-state index in [0.717, 1.165) is 5.56 Å². The lowest BCUT2D eigenvalue weighted by molar-refractivity contribution is -0.125. The first-order valence-corrected chi connectivity index (χ1v) is 12.1. The molecular weight excluding hydrogens is 454 g/mol. The number of anilines is 1. The number of rotatable bonds is 5. The second-order valence-electron chi connectivity index (χ2n) is 7.76. The summed E-state index contributed by atoms with van der Waals surface area (Å²) in [6, 6.07) is 11.1. The molecule has 1 fully saturated rings. The molecule has 2 aromatic carbocycles. The Bertz CT molecular complexity index is 1150. The number of fused-ring (bicyclic) bond motifs is 1. The highest BCUT2D eigenvalue weighted by atomic mass is 35.5. The molecule has 0 spiro atoms. The monoisotopic (exact) mass is 477 g/mol. The van der Waals surface area contributed by atoms with Crippen molar-refractivity contribution >= 4 is 39.1 Å². The Hall–Kier alpha value is -2.46. The van der Waals surface area contributed by atoms with Crippen LogP contribution in [0.4, 0.5) is 5.69 Å². The van der Waals surface area contributed by atoms with Gasteiger partial charge in [0, 0.05) is 43.7 Å². The number of carbonyl (C=O) groups is 2. The topological polar surface area (TPSA) is 96.0 Å². The van der Waals surface area contributed by atoms with Crippen molar-refractivity contribution in [3.05, 3.63) is 58.6 Å². The van der Waals surface area contributed by atoms with E-state index in [9.17, 15) is 18.0 Å². The van der Waals surface area contributed by atoms with E-state index in [1.54, 1.807) is 30.3 Å². The SMILES string of the molecule is CC(=O)N1c2ccc(S(=O)(=O)N3CCOCC3)cc2C[C@@H]1C(=O)NCc1cccc(Cl)c1. The van der Waals surface area contributed by atoms with Crippen LogP contribution in [0, 0.1) is 0 Å². The highest BCUT2D eigenvalue weighted by Crippen LogP contribution is 2.35. The molecule has 1 saturated heterocycles. The van der Waals surface area contributed by atoms with Crippen molar-refractivity contribution in [2.75, 3.05) is 31.2 Å². The normalized spacial score (nSPS) is 18.9. The number of halogens is 1. The third-order valence-electron chi connectivity index (χ3n) is 5.64. The highest BCUT2D eigenvalue weighted by molar-refractivity contribution is 7.89. The summed E-state index contributed by atoms with van der Waals surface area (Å²) in [6.45, 7) is 2.98. The number of ether oxygens (including phenoxy) is 1. The summed E-state index contributed by atoms with van der Waals surface area (Å²) in [5.74, 6) is -0.593.